The number of aromatic nitrogens is 3. The summed E-state index contributed by atoms with van der Waals surface area (Å²) in [5.41, 5.74) is 0.847. The first-order valence-corrected chi connectivity index (χ1v) is 6.37. The third kappa shape index (κ3) is 2.38. The Kier molecular flexibility index (Phi) is 3.19. The summed E-state index contributed by atoms with van der Waals surface area (Å²) >= 11 is 0. The van der Waals surface area contributed by atoms with Gasteiger partial charge in [0.25, 0.3) is 5.56 Å². The standard InChI is InChI=1S/C15H12N4O2/c1-10(11-6-8-16-9-7-11)18-19-14(20)12-4-2-3-5-13(12)17-15(19)21/h2-9H,1H3,(H,17,21)/b18-10-. The molecule has 6 nitrogen and oxygen atoms in total. The third-order valence-corrected chi connectivity index (χ3v) is 3.13. The predicted octanol–water partition coefficient (Wildman–Crippen LogP) is 1.36. The van der Waals surface area contributed by atoms with Crippen molar-refractivity contribution in [2.75, 3.05) is 0 Å². The second kappa shape index (κ2) is 5.16. The van der Waals surface area contributed by atoms with Crippen LogP contribution in [-0.4, -0.2) is 20.4 Å². The third-order valence-electron chi connectivity index (χ3n) is 3.13. The highest BCUT2D eigenvalue weighted by atomic mass is 16.2. The van der Waals surface area contributed by atoms with Crippen LogP contribution in [-0.2, 0) is 0 Å². The predicted molar refractivity (Wildman–Crippen MR) is 80.7 cm³/mol. The average molecular weight is 280 g/mol. The minimum Gasteiger partial charge on any atom is -0.305 e. The Morgan fingerprint density at radius 1 is 1.14 bits per heavy atom. The maximum absolute atomic E-state index is 12.3. The lowest BCUT2D eigenvalue weighted by atomic mass is 10.2. The van der Waals surface area contributed by atoms with E-state index < -0.39 is 11.2 Å². The molecular weight excluding hydrogens is 268 g/mol. The fourth-order valence-corrected chi connectivity index (χ4v) is 2.04. The Morgan fingerprint density at radius 3 is 2.62 bits per heavy atom. The molecule has 0 amide bonds. The summed E-state index contributed by atoms with van der Waals surface area (Å²) in [6.07, 6.45) is 3.25. The van der Waals surface area contributed by atoms with Gasteiger partial charge in [-0.15, -0.1) is 4.68 Å². The second-order valence-electron chi connectivity index (χ2n) is 4.51. The fraction of sp³-hybridized carbons (Fsp3) is 0.0667. The van der Waals surface area contributed by atoms with Crippen molar-refractivity contribution in [2.45, 2.75) is 6.92 Å². The molecule has 3 rings (SSSR count). The molecule has 1 N–H and O–H groups in total. The van der Waals surface area contributed by atoms with Crippen LogP contribution in [0.15, 0.2) is 63.5 Å². The number of hydrogen-bond acceptors (Lipinski definition) is 4. The van der Waals surface area contributed by atoms with Crippen LogP contribution in [0.2, 0.25) is 0 Å². The quantitative estimate of drug-likeness (QED) is 0.720. The van der Waals surface area contributed by atoms with Crippen LogP contribution >= 0.6 is 0 Å². The van der Waals surface area contributed by atoms with Gasteiger partial charge in [-0.25, -0.2) is 4.79 Å². The van der Waals surface area contributed by atoms with Crippen molar-refractivity contribution in [2.24, 2.45) is 5.10 Å². The Balaban J connectivity index is 2.22. The van der Waals surface area contributed by atoms with Gasteiger partial charge in [-0.2, -0.15) is 5.10 Å². The fourth-order valence-electron chi connectivity index (χ4n) is 2.04. The molecule has 2 heterocycles. The van der Waals surface area contributed by atoms with E-state index in [9.17, 15) is 9.59 Å². The van der Waals surface area contributed by atoms with Gasteiger partial charge in [0.05, 0.1) is 16.6 Å². The van der Waals surface area contributed by atoms with Gasteiger partial charge in [0.15, 0.2) is 0 Å². The van der Waals surface area contributed by atoms with E-state index in [-0.39, 0.29) is 0 Å². The first-order valence-electron chi connectivity index (χ1n) is 6.37. The van der Waals surface area contributed by atoms with Crippen LogP contribution in [0.25, 0.3) is 10.9 Å². The van der Waals surface area contributed by atoms with E-state index in [4.69, 9.17) is 0 Å². The summed E-state index contributed by atoms with van der Waals surface area (Å²) in [5.74, 6) is 0. The molecule has 0 aliphatic rings. The molecule has 0 bridgehead atoms. The number of H-pyrrole nitrogens is 1. The van der Waals surface area contributed by atoms with Gasteiger partial charge in [-0.1, -0.05) is 12.1 Å². The SMILES string of the molecule is C/C(=N/n1c(=O)[nH]c2ccccc2c1=O)c1ccncc1. The van der Waals surface area contributed by atoms with E-state index in [1.807, 2.05) is 0 Å². The van der Waals surface area contributed by atoms with E-state index in [0.29, 0.717) is 16.6 Å². The molecule has 21 heavy (non-hydrogen) atoms. The van der Waals surface area contributed by atoms with Crippen LogP contribution in [0.4, 0.5) is 0 Å². The zero-order chi connectivity index (χ0) is 14.8. The second-order valence-corrected chi connectivity index (χ2v) is 4.51. The number of para-hydroxylation sites is 1. The van der Waals surface area contributed by atoms with E-state index in [0.717, 1.165) is 10.2 Å². The molecular formula is C15H12N4O2. The molecule has 0 unspecified atom stereocenters. The summed E-state index contributed by atoms with van der Waals surface area (Å²) < 4.78 is 0.845. The minimum absolute atomic E-state index is 0.420. The van der Waals surface area contributed by atoms with Gasteiger partial charge >= 0.3 is 5.69 Å². The summed E-state index contributed by atoms with van der Waals surface area (Å²) in [6, 6.07) is 10.4. The number of fused-ring (bicyclic) bond motifs is 1. The highest BCUT2D eigenvalue weighted by Crippen LogP contribution is 2.03. The number of pyridine rings is 1. The van der Waals surface area contributed by atoms with Gasteiger partial charge in [0.1, 0.15) is 0 Å². The van der Waals surface area contributed by atoms with Crippen molar-refractivity contribution in [3.63, 3.8) is 0 Å². The summed E-state index contributed by atoms with van der Waals surface area (Å²) in [6.45, 7) is 1.73. The molecule has 0 atom stereocenters. The lowest BCUT2D eigenvalue weighted by Crippen LogP contribution is -2.32. The van der Waals surface area contributed by atoms with Crippen molar-refractivity contribution in [3.05, 3.63) is 75.2 Å². The molecule has 1 aromatic carbocycles. The number of rotatable bonds is 2. The normalized spacial score (nSPS) is 11.8. The van der Waals surface area contributed by atoms with Crippen molar-refractivity contribution in [1.82, 2.24) is 14.6 Å². The lowest BCUT2D eigenvalue weighted by Gasteiger charge is -2.03. The molecule has 0 fully saturated rings. The molecule has 0 aliphatic carbocycles. The largest absolute Gasteiger partial charge is 0.349 e. The van der Waals surface area contributed by atoms with Gasteiger partial charge < -0.3 is 4.98 Å². The van der Waals surface area contributed by atoms with Crippen LogP contribution in [0.1, 0.15) is 12.5 Å². The molecule has 0 saturated carbocycles. The van der Waals surface area contributed by atoms with Crippen LogP contribution in [0.5, 0.6) is 0 Å². The Bertz CT molecular complexity index is 939. The highest BCUT2D eigenvalue weighted by Gasteiger charge is 2.07. The number of benzene rings is 1. The van der Waals surface area contributed by atoms with E-state index in [2.05, 4.69) is 15.1 Å². The molecule has 2 aromatic heterocycles. The van der Waals surface area contributed by atoms with Crippen molar-refractivity contribution in [3.8, 4) is 0 Å². The molecule has 0 aliphatic heterocycles. The Hall–Kier alpha value is -3.02. The molecule has 0 radical (unpaired) electrons. The maximum atomic E-state index is 12.3. The monoisotopic (exact) mass is 280 g/mol. The van der Waals surface area contributed by atoms with Crippen LogP contribution in [0.3, 0.4) is 0 Å². The zero-order valence-electron chi connectivity index (χ0n) is 11.3. The average Bonchev–Trinajstić information content (AvgIpc) is 2.52. The van der Waals surface area contributed by atoms with Crippen LogP contribution < -0.4 is 11.2 Å². The lowest BCUT2D eigenvalue weighted by molar-refractivity contribution is 0.766. The summed E-state index contributed by atoms with van der Waals surface area (Å²) in [7, 11) is 0. The maximum Gasteiger partial charge on any atom is 0.349 e. The first-order chi connectivity index (χ1) is 10.2. The van der Waals surface area contributed by atoms with Gasteiger partial charge in [0.2, 0.25) is 0 Å². The molecule has 0 saturated heterocycles. The van der Waals surface area contributed by atoms with Gasteiger partial charge in [-0.3, -0.25) is 9.78 Å². The van der Waals surface area contributed by atoms with Crippen LogP contribution in [0, 0.1) is 0 Å². The zero-order valence-corrected chi connectivity index (χ0v) is 11.3. The van der Waals surface area contributed by atoms with Gasteiger partial charge in [-0.05, 0) is 31.2 Å². The van der Waals surface area contributed by atoms with E-state index in [1.165, 1.54) is 0 Å². The molecule has 104 valence electrons. The van der Waals surface area contributed by atoms with E-state index in [1.54, 1.807) is 55.7 Å². The highest BCUT2D eigenvalue weighted by molar-refractivity contribution is 5.98. The summed E-state index contributed by atoms with van der Waals surface area (Å²) in [5, 5.41) is 4.55. The van der Waals surface area contributed by atoms with Crippen molar-refractivity contribution >= 4 is 16.6 Å². The molecule has 6 heteroatoms. The van der Waals surface area contributed by atoms with E-state index >= 15 is 0 Å². The number of hydrogen-bond donors (Lipinski definition) is 1. The Morgan fingerprint density at radius 2 is 1.86 bits per heavy atom. The smallest absolute Gasteiger partial charge is 0.305 e. The Labute approximate surface area is 119 Å². The first kappa shape index (κ1) is 13.0. The summed E-state index contributed by atoms with van der Waals surface area (Å²) in [4.78, 5) is 30.9. The van der Waals surface area contributed by atoms with Crippen molar-refractivity contribution < 1.29 is 0 Å². The van der Waals surface area contributed by atoms with Gasteiger partial charge in [0, 0.05) is 18.0 Å². The molecule has 0 spiro atoms. The number of nitrogens with one attached hydrogen (secondary N) is 1. The number of nitrogens with zero attached hydrogens (tertiary/aromatic N) is 3. The minimum atomic E-state index is -0.563. The number of aromatic amines is 1. The molecule has 3 aromatic rings. The van der Waals surface area contributed by atoms with Crippen molar-refractivity contribution in [1.29, 1.82) is 0 Å². The topological polar surface area (TPSA) is 80.1 Å².